The Kier molecular flexibility index (Phi) is 7.40. The number of halogens is 1. The van der Waals surface area contributed by atoms with Crippen molar-refractivity contribution in [1.82, 2.24) is 19.9 Å². The lowest BCUT2D eigenvalue weighted by molar-refractivity contribution is -0.136. The number of hydrogen-bond acceptors (Lipinski definition) is 8. The predicted molar refractivity (Wildman–Crippen MR) is 146 cm³/mol. The van der Waals surface area contributed by atoms with Crippen molar-refractivity contribution >= 4 is 46.7 Å². The van der Waals surface area contributed by atoms with Crippen LogP contribution in [0.2, 0.25) is 5.02 Å². The second-order valence-electron chi connectivity index (χ2n) is 10.1. The van der Waals surface area contributed by atoms with E-state index in [0.717, 1.165) is 42.5 Å². The fourth-order valence-corrected chi connectivity index (χ4v) is 6.38. The van der Waals surface area contributed by atoms with Crippen molar-refractivity contribution in [3.05, 3.63) is 34.7 Å². The molecule has 192 valence electrons. The Balaban J connectivity index is 0.00000148. The molecule has 3 aliphatic heterocycles. The van der Waals surface area contributed by atoms with E-state index < -0.39 is 0 Å². The standard InChI is InChI=1S/C24H28ClN7OS.C2H6/c1-15-12-30(6-7-31(15)22(33)24(4)5-8-34-24)20-19-21(29-14-28-20)32(13-23(19,2)3)18-9-17(25)16(10-26)11-27-18;1-2/h9,11,14-15H,5-8,12-13H2,1-4H3;1-2H3. The minimum absolute atomic E-state index is 0.101. The monoisotopic (exact) mass is 527 g/mol. The largest absolute Gasteiger partial charge is 0.352 e. The van der Waals surface area contributed by atoms with E-state index in [1.165, 1.54) is 6.20 Å². The summed E-state index contributed by atoms with van der Waals surface area (Å²) in [4.78, 5) is 33.3. The number of anilines is 3. The molecule has 0 aromatic carbocycles. The third-order valence-corrected chi connectivity index (χ3v) is 8.91. The Hall–Kier alpha value is -2.57. The number of carbonyl (C=O) groups is 1. The number of hydrogen-bond donors (Lipinski definition) is 0. The maximum Gasteiger partial charge on any atom is 0.238 e. The number of amides is 1. The van der Waals surface area contributed by atoms with Crippen LogP contribution in [-0.2, 0) is 10.2 Å². The summed E-state index contributed by atoms with van der Waals surface area (Å²) in [6.07, 6.45) is 4.06. The van der Waals surface area contributed by atoms with E-state index in [4.69, 9.17) is 16.6 Å². The zero-order valence-electron chi connectivity index (χ0n) is 21.9. The molecule has 2 fully saturated rings. The molecule has 2 aromatic rings. The number of thioether (sulfide) groups is 1. The molecular formula is C26H34ClN7OS. The molecule has 8 nitrogen and oxygen atoms in total. The van der Waals surface area contributed by atoms with Gasteiger partial charge in [0.1, 0.15) is 29.9 Å². The highest BCUT2D eigenvalue weighted by atomic mass is 35.5. The molecule has 0 N–H and O–H groups in total. The SMILES string of the molecule is CC.CC1CN(c2ncnc3c2C(C)(C)CN3c2cc(Cl)c(C#N)cn2)CCN1C(=O)C1(C)CCS1. The van der Waals surface area contributed by atoms with Crippen LogP contribution in [0, 0.1) is 11.3 Å². The van der Waals surface area contributed by atoms with E-state index in [0.29, 0.717) is 29.5 Å². The smallest absolute Gasteiger partial charge is 0.238 e. The van der Waals surface area contributed by atoms with Crippen LogP contribution in [-0.4, -0.2) is 68.5 Å². The first-order chi connectivity index (χ1) is 17.1. The molecule has 0 bridgehead atoms. The van der Waals surface area contributed by atoms with Crippen LogP contribution in [0.5, 0.6) is 0 Å². The molecule has 36 heavy (non-hydrogen) atoms. The Labute approximate surface area is 223 Å². The summed E-state index contributed by atoms with van der Waals surface area (Å²) in [7, 11) is 0. The Bertz CT molecular complexity index is 1190. The number of aromatic nitrogens is 3. The van der Waals surface area contributed by atoms with Crippen LogP contribution in [0.15, 0.2) is 18.6 Å². The molecule has 0 radical (unpaired) electrons. The lowest BCUT2D eigenvalue weighted by Crippen LogP contribution is -2.60. The van der Waals surface area contributed by atoms with Gasteiger partial charge in [-0.2, -0.15) is 5.26 Å². The summed E-state index contributed by atoms with van der Waals surface area (Å²) in [5.41, 5.74) is 1.20. The van der Waals surface area contributed by atoms with Crippen molar-refractivity contribution in [1.29, 1.82) is 5.26 Å². The summed E-state index contributed by atoms with van der Waals surface area (Å²) in [6, 6.07) is 3.88. The summed E-state index contributed by atoms with van der Waals surface area (Å²) >= 11 is 8.06. The van der Waals surface area contributed by atoms with E-state index in [1.54, 1.807) is 24.2 Å². The molecule has 2 atom stereocenters. The van der Waals surface area contributed by atoms with Crippen molar-refractivity contribution in [3.8, 4) is 6.07 Å². The lowest BCUT2D eigenvalue weighted by Gasteiger charge is -2.46. The predicted octanol–water partition coefficient (Wildman–Crippen LogP) is 4.78. The highest BCUT2D eigenvalue weighted by Crippen LogP contribution is 2.47. The maximum absolute atomic E-state index is 13.1. The minimum atomic E-state index is -0.259. The number of nitrogens with zero attached hydrogens (tertiary/aromatic N) is 7. The van der Waals surface area contributed by atoms with Gasteiger partial charge in [0.2, 0.25) is 5.91 Å². The molecule has 2 aromatic heterocycles. The number of pyridine rings is 1. The molecule has 2 saturated heterocycles. The van der Waals surface area contributed by atoms with E-state index >= 15 is 0 Å². The molecule has 0 aliphatic carbocycles. The van der Waals surface area contributed by atoms with Crippen molar-refractivity contribution in [2.24, 2.45) is 0 Å². The zero-order chi connectivity index (χ0) is 26.3. The van der Waals surface area contributed by atoms with Gasteiger partial charge in [0.25, 0.3) is 0 Å². The average molecular weight is 528 g/mol. The van der Waals surface area contributed by atoms with E-state index in [1.807, 2.05) is 23.6 Å². The minimum Gasteiger partial charge on any atom is -0.352 e. The van der Waals surface area contributed by atoms with Gasteiger partial charge in [0.15, 0.2) is 0 Å². The number of piperazine rings is 1. The number of fused-ring (bicyclic) bond motifs is 1. The topological polar surface area (TPSA) is 89.2 Å². The van der Waals surface area contributed by atoms with Gasteiger partial charge in [-0.1, -0.05) is 39.3 Å². The molecule has 2 unspecified atom stereocenters. The second-order valence-corrected chi connectivity index (χ2v) is 12.1. The number of carbonyl (C=O) groups excluding carboxylic acids is 1. The number of nitriles is 1. The van der Waals surface area contributed by atoms with Crippen molar-refractivity contribution in [2.75, 3.05) is 41.7 Å². The quantitative estimate of drug-likeness (QED) is 0.563. The second kappa shape index (κ2) is 10.1. The molecule has 0 spiro atoms. The average Bonchev–Trinajstić information content (AvgIpc) is 3.14. The molecule has 0 saturated carbocycles. The third-order valence-electron chi connectivity index (χ3n) is 7.17. The van der Waals surface area contributed by atoms with E-state index in [9.17, 15) is 10.1 Å². The molecule has 5 heterocycles. The van der Waals surface area contributed by atoms with Crippen molar-refractivity contribution < 1.29 is 4.79 Å². The van der Waals surface area contributed by atoms with Crippen LogP contribution < -0.4 is 9.80 Å². The number of rotatable bonds is 3. The van der Waals surface area contributed by atoms with Crippen LogP contribution in [0.4, 0.5) is 17.5 Å². The van der Waals surface area contributed by atoms with Crippen molar-refractivity contribution in [2.45, 2.75) is 64.2 Å². The van der Waals surface area contributed by atoms with Crippen LogP contribution in [0.1, 0.15) is 59.1 Å². The summed E-state index contributed by atoms with van der Waals surface area (Å²) in [5, 5.41) is 9.57. The van der Waals surface area contributed by atoms with Gasteiger partial charge in [-0.05, 0) is 26.0 Å². The zero-order valence-corrected chi connectivity index (χ0v) is 23.4. The van der Waals surface area contributed by atoms with Gasteiger partial charge in [-0.3, -0.25) is 4.79 Å². The first-order valence-corrected chi connectivity index (χ1v) is 13.9. The summed E-state index contributed by atoms with van der Waals surface area (Å²) in [5.74, 6) is 3.72. The van der Waals surface area contributed by atoms with Gasteiger partial charge in [-0.15, -0.1) is 11.8 Å². The summed E-state index contributed by atoms with van der Waals surface area (Å²) in [6.45, 7) is 15.4. The Morgan fingerprint density at radius 3 is 2.47 bits per heavy atom. The first kappa shape index (κ1) is 26.5. The van der Waals surface area contributed by atoms with Gasteiger partial charge in [-0.25, -0.2) is 15.0 Å². The van der Waals surface area contributed by atoms with Gasteiger partial charge < -0.3 is 14.7 Å². The highest BCUT2D eigenvalue weighted by molar-refractivity contribution is 8.02. The summed E-state index contributed by atoms with van der Waals surface area (Å²) < 4.78 is -0.259. The fourth-order valence-electron chi connectivity index (χ4n) is 5.14. The highest BCUT2D eigenvalue weighted by Gasteiger charge is 2.46. The van der Waals surface area contributed by atoms with E-state index in [-0.39, 0.29) is 22.1 Å². The Morgan fingerprint density at radius 1 is 1.19 bits per heavy atom. The normalized spacial score (nSPS) is 24.3. The molecule has 1 amide bonds. The third kappa shape index (κ3) is 4.50. The van der Waals surface area contributed by atoms with Gasteiger partial charge in [0.05, 0.1) is 15.3 Å². The van der Waals surface area contributed by atoms with Crippen LogP contribution >= 0.6 is 23.4 Å². The molecule has 3 aliphatic rings. The van der Waals surface area contributed by atoms with Gasteiger partial charge in [0, 0.05) is 55.5 Å². The van der Waals surface area contributed by atoms with Crippen LogP contribution in [0.25, 0.3) is 0 Å². The maximum atomic E-state index is 13.1. The Morgan fingerprint density at radius 2 is 1.89 bits per heavy atom. The lowest BCUT2D eigenvalue weighted by atomic mass is 9.87. The van der Waals surface area contributed by atoms with E-state index in [2.05, 4.69) is 48.6 Å². The van der Waals surface area contributed by atoms with Crippen LogP contribution in [0.3, 0.4) is 0 Å². The molecule has 5 rings (SSSR count). The molecule has 10 heteroatoms. The molecular weight excluding hydrogens is 494 g/mol. The van der Waals surface area contributed by atoms with Gasteiger partial charge >= 0.3 is 0 Å². The van der Waals surface area contributed by atoms with Crippen molar-refractivity contribution in [3.63, 3.8) is 0 Å². The fraction of sp³-hybridized carbons (Fsp3) is 0.577. The first-order valence-electron chi connectivity index (χ1n) is 12.5.